The fourth-order valence-electron chi connectivity index (χ4n) is 2.13. The molecular weight excluding hydrogens is 224 g/mol. The van der Waals surface area contributed by atoms with Crippen LogP contribution >= 0.6 is 0 Å². The molecule has 0 aliphatic rings. The van der Waals surface area contributed by atoms with Crippen LogP contribution < -0.4 is 0 Å². The van der Waals surface area contributed by atoms with Gasteiger partial charge in [-0.1, -0.05) is 43.7 Å². The number of unbranched alkanes of at least 4 members (excludes halogenated alkanes) is 1. The van der Waals surface area contributed by atoms with Gasteiger partial charge in [0.2, 0.25) is 0 Å². The van der Waals surface area contributed by atoms with Crippen LogP contribution in [-0.2, 0) is 0 Å². The van der Waals surface area contributed by atoms with Crippen LogP contribution in [0.3, 0.4) is 0 Å². The second kappa shape index (κ2) is 8.68. The maximum atomic E-state index is 9.18. The lowest BCUT2D eigenvalue weighted by atomic mass is 10.0. The molecule has 0 aliphatic heterocycles. The summed E-state index contributed by atoms with van der Waals surface area (Å²) in [6, 6.07) is 12.4. The van der Waals surface area contributed by atoms with E-state index in [1.807, 2.05) is 18.2 Å². The van der Waals surface area contributed by atoms with Crippen LogP contribution in [0.4, 0.5) is 0 Å². The Morgan fingerprint density at radius 3 is 2.56 bits per heavy atom. The Labute approximate surface area is 110 Å². The normalized spacial score (nSPS) is 12.3. The number of nitrogens with zero attached hydrogens (tertiary/aromatic N) is 2. The lowest BCUT2D eigenvalue weighted by Gasteiger charge is -2.30. The first-order valence-corrected chi connectivity index (χ1v) is 6.60. The van der Waals surface area contributed by atoms with Gasteiger partial charge in [0.25, 0.3) is 0 Å². The highest BCUT2D eigenvalue weighted by Gasteiger charge is 2.19. The fourth-order valence-corrected chi connectivity index (χ4v) is 2.13. The quantitative estimate of drug-likeness (QED) is 0.767. The molecule has 1 rings (SSSR count). The third kappa shape index (κ3) is 4.48. The van der Waals surface area contributed by atoms with E-state index in [0.717, 1.165) is 24.9 Å². The second-order valence-corrected chi connectivity index (χ2v) is 4.40. The highest BCUT2D eigenvalue weighted by molar-refractivity contribution is 5.20. The SMILES string of the molecule is CCCCN(CCO)C(CC#N)c1ccccc1. The summed E-state index contributed by atoms with van der Waals surface area (Å²) in [5.74, 6) is 0. The van der Waals surface area contributed by atoms with Crippen molar-refractivity contribution in [1.82, 2.24) is 4.90 Å². The molecule has 1 unspecified atom stereocenters. The first-order valence-electron chi connectivity index (χ1n) is 6.60. The number of aliphatic hydroxyl groups is 1. The van der Waals surface area contributed by atoms with Crippen molar-refractivity contribution >= 4 is 0 Å². The summed E-state index contributed by atoms with van der Waals surface area (Å²) in [6.07, 6.45) is 2.68. The van der Waals surface area contributed by atoms with Crippen molar-refractivity contribution in [2.24, 2.45) is 0 Å². The highest BCUT2D eigenvalue weighted by Crippen LogP contribution is 2.24. The smallest absolute Gasteiger partial charge is 0.0641 e. The zero-order valence-electron chi connectivity index (χ0n) is 11.0. The maximum absolute atomic E-state index is 9.18. The monoisotopic (exact) mass is 246 g/mol. The van der Waals surface area contributed by atoms with Crippen molar-refractivity contribution in [3.05, 3.63) is 35.9 Å². The Hall–Kier alpha value is -1.37. The molecule has 0 aromatic heterocycles. The summed E-state index contributed by atoms with van der Waals surface area (Å²) < 4.78 is 0. The van der Waals surface area contributed by atoms with Gasteiger partial charge in [0.15, 0.2) is 0 Å². The van der Waals surface area contributed by atoms with Gasteiger partial charge in [0.1, 0.15) is 0 Å². The number of aliphatic hydroxyl groups excluding tert-OH is 1. The van der Waals surface area contributed by atoms with E-state index in [1.54, 1.807) is 0 Å². The Balaban J connectivity index is 2.82. The molecule has 1 aromatic rings. The number of rotatable bonds is 8. The van der Waals surface area contributed by atoms with Crippen molar-refractivity contribution in [2.45, 2.75) is 32.2 Å². The van der Waals surface area contributed by atoms with Crippen LogP contribution in [0, 0.1) is 11.3 Å². The van der Waals surface area contributed by atoms with Gasteiger partial charge >= 0.3 is 0 Å². The van der Waals surface area contributed by atoms with Crippen molar-refractivity contribution in [1.29, 1.82) is 5.26 Å². The maximum Gasteiger partial charge on any atom is 0.0641 e. The molecule has 3 heteroatoms. The minimum atomic E-state index is 0.0925. The third-order valence-electron chi connectivity index (χ3n) is 3.10. The van der Waals surface area contributed by atoms with Gasteiger partial charge < -0.3 is 5.11 Å². The number of nitriles is 1. The summed E-state index contributed by atoms with van der Waals surface area (Å²) in [4.78, 5) is 2.21. The molecule has 0 radical (unpaired) electrons. The van der Waals surface area contributed by atoms with E-state index in [-0.39, 0.29) is 12.6 Å². The lowest BCUT2D eigenvalue weighted by Crippen LogP contribution is -2.32. The second-order valence-electron chi connectivity index (χ2n) is 4.40. The summed E-state index contributed by atoms with van der Waals surface area (Å²) in [5, 5.41) is 18.2. The molecule has 0 spiro atoms. The van der Waals surface area contributed by atoms with Gasteiger partial charge in [-0.25, -0.2) is 0 Å². The van der Waals surface area contributed by atoms with Gasteiger partial charge in [-0.3, -0.25) is 4.90 Å². The number of hydrogen-bond donors (Lipinski definition) is 1. The largest absolute Gasteiger partial charge is 0.395 e. The summed E-state index contributed by atoms with van der Waals surface area (Å²) >= 11 is 0. The topological polar surface area (TPSA) is 47.3 Å². The van der Waals surface area contributed by atoms with Crippen molar-refractivity contribution in [2.75, 3.05) is 19.7 Å². The molecule has 0 bridgehead atoms. The van der Waals surface area contributed by atoms with Gasteiger partial charge in [-0.2, -0.15) is 5.26 Å². The van der Waals surface area contributed by atoms with E-state index in [9.17, 15) is 5.11 Å². The van der Waals surface area contributed by atoms with E-state index >= 15 is 0 Å². The van der Waals surface area contributed by atoms with Gasteiger partial charge in [0.05, 0.1) is 19.1 Å². The fraction of sp³-hybridized carbons (Fsp3) is 0.533. The van der Waals surface area contributed by atoms with E-state index in [1.165, 1.54) is 0 Å². The molecule has 98 valence electrons. The first-order chi connectivity index (χ1) is 8.83. The number of benzene rings is 1. The highest BCUT2D eigenvalue weighted by atomic mass is 16.3. The van der Waals surface area contributed by atoms with E-state index in [0.29, 0.717) is 13.0 Å². The Kier molecular flexibility index (Phi) is 7.09. The van der Waals surface area contributed by atoms with Crippen molar-refractivity contribution in [3.8, 4) is 6.07 Å². The van der Waals surface area contributed by atoms with E-state index in [4.69, 9.17) is 5.26 Å². The van der Waals surface area contributed by atoms with Crippen LogP contribution in [0.25, 0.3) is 0 Å². The molecule has 0 amide bonds. The average molecular weight is 246 g/mol. The number of hydrogen-bond acceptors (Lipinski definition) is 3. The van der Waals surface area contributed by atoms with Crippen molar-refractivity contribution in [3.63, 3.8) is 0 Å². The van der Waals surface area contributed by atoms with Crippen LogP contribution in [0.5, 0.6) is 0 Å². The first kappa shape index (κ1) is 14.7. The Morgan fingerprint density at radius 1 is 1.28 bits per heavy atom. The van der Waals surface area contributed by atoms with E-state index in [2.05, 4.69) is 30.0 Å². The Morgan fingerprint density at radius 2 is 2.00 bits per heavy atom. The molecule has 1 aromatic carbocycles. The summed E-state index contributed by atoms with van der Waals surface area (Å²) in [7, 11) is 0. The predicted octanol–water partition coefficient (Wildman–Crippen LogP) is 2.74. The molecule has 0 aliphatic carbocycles. The molecule has 0 saturated heterocycles. The molecule has 0 saturated carbocycles. The molecule has 1 N–H and O–H groups in total. The summed E-state index contributed by atoms with van der Waals surface area (Å²) in [6.45, 7) is 3.84. The molecule has 18 heavy (non-hydrogen) atoms. The van der Waals surface area contributed by atoms with Gasteiger partial charge in [-0.15, -0.1) is 0 Å². The van der Waals surface area contributed by atoms with Crippen LogP contribution in [0.15, 0.2) is 30.3 Å². The lowest BCUT2D eigenvalue weighted by molar-refractivity contribution is 0.149. The van der Waals surface area contributed by atoms with Crippen LogP contribution in [0.2, 0.25) is 0 Å². The van der Waals surface area contributed by atoms with E-state index < -0.39 is 0 Å². The standard InChI is InChI=1S/C15H22N2O/c1-2-3-11-17(12-13-18)15(9-10-16)14-7-5-4-6-8-14/h4-8,15,18H,2-3,9,11-13H2,1H3. The summed E-state index contributed by atoms with van der Waals surface area (Å²) in [5.41, 5.74) is 1.16. The van der Waals surface area contributed by atoms with Crippen molar-refractivity contribution < 1.29 is 5.11 Å². The third-order valence-corrected chi connectivity index (χ3v) is 3.10. The van der Waals surface area contributed by atoms with Gasteiger partial charge in [0, 0.05) is 12.6 Å². The molecule has 0 fully saturated rings. The minimum Gasteiger partial charge on any atom is -0.395 e. The van der Waals surface area contributed by atoms with Crippen LogP contribution in [-0.4, -0.2) is 29.7 Å². The Bertz CT molecular complexity index is 359. The molecule has 0 heterocycles. The molecule has 1 atom stereocenters. The zero-order chi connectivity index (χ0) is 13.2. The predicted molar refractivity (Wildman–Crippen MR) is 73.0 cm³/mol. The average Bonchev–Trinajstić information content (AvgIpc) is 2.42. The molecular formula is C15H22N2O. The molecule has 3 nitrogen and oxygen atoms in total. The van der Waals surface area contributed by atoms with Gasteiger partial charge in [-0.05, 0) is 18.5 Å². The zero-order valence-corrected chi connectivity index (χ0v) is 11.0. The van der Waals surface area contributed by atoms with Crippen LogP contribution in [0.1, 0.15) is 37.8 Å². The minimum absolute atomic E-state index is 0.0925.